The first-order valence-corrected chi connectivity index (χ1v) is 7.83. The van der Waals surface area contributed by atoms with Gasteiger partial charge in [0.1, 0.15) is 5.60 Å². The Morgan fingerprint density at radius 1 is 0.833 bits per heavy atom. The summed E-state index contributed by atoms with van der Waals surface area (Å²) in [6, 6.07) is 6.35. The summed E-state index contributed by atoms with van der Waals surface area (Å²) in [6.07, 6.45) is 0.599. The molecule has 5 nitrogen and oxygen atoms in total. The molecule has 0 radical (unpaired) electrons. The molecule has 0 saturated carbocycles. The first-order chi connectivity index (χ1) is 11.1. The van der Waals surface area contributed by atoms with Gasteiger partial charge in [0, 0.05) is 23.1 Å². The van der Waals surface area contributed by atoms with Gasteiger partial charge in [0.25, 0.3) is 0 Å². The van der Waals surface area contributed by atoms with Crippen molar-refractivity contribution in [2.75, 3.05) is 0 Å². The van der Waals surface area contributed by atoms with Crippen LogP contribution in [0.1, 0.15) is 43.9 Å². The van der Waals surface area contributed by atoms with Gasteiger partial charge in [-0.3, -0.25) is 0 Å². The highest BCUT2D eigenvalue weighted by molar-refractivity contribution is 5.59. The number of benzene rings is 2. The summed E-state index contributed by atoms with van der Waals surface area (Å²) >= 11 is 0. The van der Waals surface area contributed by atoms with E-state index in [4.69, 9.17) is 4.74 Å². The maximum Gasteiger partial charge on any atom is 0.200 e. The highest BCUT2D eigenvalue weighted by Gasteiger charge is 2.45. The smallest absolute Gasteiger partial charge is 0.200 e. The van der Waals surface area contributed by atoms with Crippen molar-refractivity contribution < 1.29 is 25.2 Å². The summed E-state index contributed by atoms with van der Waals surface area (Å²) in [5, 5.41) is 39.8. The average molecular weight is 330 g/mol. The first kappa shape index (κ1) is 16.3. The topological polar surface area (TPSA) is 90.2 Å². The van der Waals surface area contributed by atoms with E-state index in [9.17, 15) is 20.4 Å². The fraction of sp³-hybridized carbons (Fsp3) is 0.368. The van der Waals surface area contributed by atoms with Crippen LogP contribution in [-0.2, 0) is 11.0 Å². The van der Waals surface area contributed by atoms with E-state index >= 15 is 0 Å². The second-order valence-electron chi connectivity index (χ2n) is 7.31. The fourth-order valence-corrected chi connectivity index (χ4v) is 3.81. The molecule has 2 aromatic carbocycles. The summed E-state index contributed by atoms with van der Waals surface area (Å²) in [5.41, 5.74) is 0.899. The van der Waals surface area contributed by atoms with Crippen LogP contribution in [0, 0.1) is 6.92 Å². The van der Waals surface area contributed by atoms with Crippen LogP contribution < -0.4 is 4.74 Å². The van der Waals surface area contributed by atoms with Gasteiger partial charge in [0.15, 0.2) is 23.0 Å². The molecule has 1 aliphatic heterocycles. The molecule has 0 aliphatic carbocycles. The van der Waals surface area contributed by atoms with E-state index in [2.05, 4.69) is 0 Å². The predicted molar refractivity (Wildman–Crippen MR) is 89.9 cm³/mol. The van der Waals surface area contributed by atoms with Crippen molar-refractivity contribution in [2.24, 2.45) is 0 Å². The monoisotopic (exact) mass is 330 g/mol. The van der Waals surface area contributed by atoms with Crippen molar-refractivity contribution in [1.82, 2.24) is 0 Å². The molecule has 0 spiro atoms. The SMILES string of the molecule is Cc1c(C2(C)CC(C)(C)c3ccc(O)c(O)c3O2)ccc(O)c1O. The maximum atomic E-state index is 10.3. The Bertz CT molecular complexity index is 825. The Balaban J connectivity index is 2.21. The number of aromatic hydroxyl groups is 4. The maximum absolute atomic E-state index is 10.3. The molecular weight excluding hydrogens is 308 g/mol. The van der Waals surface area contributed by atoms with E-state index in [1.165, 1.54) is 12.1 Å². The zero-order valence-corrected chi connectivity index (χ0v) is 14.2. The van der Waals surface area contributed by atoms with Crippen LogP contribution >= 0.6 is 0 Å². The number of fused-ring (bicyclic) bond motifs is 1. The predicted octanol–water partition coefficient (Wildman–Crippen LogP) is 3.79. The van der Waals surface area contributed by atoms with Gasteiger partial charge in [-0.2, -0.15) is 0 Å². The molecule has 1 heterocycles. The second-order valence-corrected chi connectivity index (χ2v) is 7.31. The van der Waals surface area contributed by atoms with Gasteiger partial charge in [0.05, 0.1) is 0 Å². The van der Waals surface area contributed by atoms with E-state index in [1.807, 2.05) is 20.8 Å². The molecule has 0 aromatic heterocycles. The third kappa shape index (κ3) is 2.23. The van der Waals surface area contributed by atoms with Crippen LogP contribution in [0.2, 0.25) is 0 Å². The van der Waals surface area contributed by atoms with E-state index < -0.39 is 5.60 Å². The Hall–Kier alpha value is -2.56. The molecule has 2 aromatic rings. The van der Waals surface area contributed by atoms with Crippen LogP contribution in [0.3, 0.4) is 0 Å². The Labute approximate surface area is 140 Å². The van der Waals surface area contributed by atoms with Gasteiger partial charge < -0.3 is 25.2 Å². The molecular formula is C19H22O5. The molecule has 0 bridgehead atoms. The van der Waals surface area contributed by atoms with Gasteiger partial charge in [-0.15, -0.1) is 0 Å². The molecule has 24 heavy (non-hydrogen) atoms. The minimum atomic E-state index is -0.836. The quantitative estimate of drug-likeness (QED) is 0.597. The first-order valence-electron chi connectivity index (χ1n) is 7.83. The third-order valence-electron chi connectivity index (χ3n) is 4.93. The molecule has 1 atom stereocenters. The van der Waals surface area contributed by atoms with E-state index in [1.54, 1.807) is 19.1 Å². The number of ether oxygens (including phenoxy) is 1. The van der Waals surface area contributed by atoms with Gasteiger partial charge in [-0.25, -0.2) is 0 Å². The van der Waals surface area contributed by atoms with Crippen LogP contribution in [0.5, 0.6) is 28.7 Å². The van der Waals surface area contributed by atoms with E-state index in [-0.39, 0.29) is 34.2 Å². The zero-order chi connectivity index (χ0) is 17.9. The molecule has 1 unspecified atom stereocenters. The number of hydrogen-bond acceptors (Lipinski definition) is 5. The number of phenolic OH excluding ortho intramolecular Hbond substituents is 4. The second kappa shape index (κ2) is 4.97. The molecule has 1 aliphatic rings. The van der Waals surface area contributed by atoms with Crippen molar-refractivity contribution >= 4 is 0 Å². The van der Waals surface area contributed by atoms with Crippen molar-refractivity contribution in [3.8, 4) is 28.7 Å². The van der Waals surface area contributed by atoms with E-state index in [0.29, 0.717) is 12.0 Å². The third-order valence-corrected chi connectivity index (χ3v) is 4.93. The number of rotatable bonds is 1. The molecule has 128 valence electrons. The molecule has 3 rings (SSSR count). The standard InChI is InChI=1S/C19H22O5/c1-10-11(5-7-13(20)15(10)22)19(4)9-18(2,3)12-6-8-14(21)16(23)17(12)24-19/h5-8,20-23H,9H2,1-4H3. The molecule has 0 saturated heterocycles. The Morgan fingerprint density at radius 3 is 2.00 bits per heavy atom. The van der Waals surface area contributed by atoms with Crippen molar-refractivity contribution in [2.45, 2.75) is 45.1 Å². The lowest BCUT2D eigenvalue weighted by atomic mass is 9.70. The molecule has 0 fully saturated rings. The Morgan fingerprint density at radius 2 is 1.38 bits per heavy atom. The number of hydrogen-bond donors (Lipinski definition) is 4. The van der Waals surface area contributed by atoms with Gasteiger partial charge in [-0.1, -0.05) is 26.0 Å². The lowest BCUT2D eigenvalue weighted by Crippen LogP contribution is -2.42. The fourth-order valence-electron chi connectivity index (χ4n) is 3.81. The van der Waals surface area contributed by atoms with Crippen molar-refractivity contribution in [1.29, 1.82) is 0 Å². The molecule has 4 N–H and O–H groups in total. The largest absolute Gasteiger partial charge is 0.504 e. The Kier molecular flexibility index (Phi) is 3.37. The van der Waals surface area contributed by atoms with Crippen LogP contribution in [0.15, 0.2) is 24.3 Å². The molecule has 5 heteroatoms. The average Bonchev–Trinajstić information content (AvgIpc) is 2.48. The van der Waals surface area contributed by atoms with Crippen LogP contribution in [-0.4, -0.2) is 20.4 Å². The summed E-state index contributed by atoms with van der Waals surface area (Å²) in [7, 11) is 0. The summed E-state index contributed by atoms with van der Waals surface area (Å²) < 4.78 is 6.13. The minimum Gasteiger partial charge on any atom is -0.504 e. The zero-order valence-electron chi connectivity index (χ0n) is 14.2. The lowest BCUT2D eigenvalue weighted by Gasteiger charge is -2.45. The highest BCUT2D eigenvalue weighted by atomic mass is 16.5. The van der Waals surface area contributed by atoms with Gasteiger partial charge >= 0.3 is 0 Å². The summed E-state index contributed by atoms with van der Waals surface area (Å²) in [5.74, 6) is -0.635. The van der Waals surface area contributed by atoms with E-state index in [0.717, 1.165) is 11.1 Å². The van der Waals surface area contributed by atoms with Gasteiger partial charge in [-0.05, 0) is 31.4 Å². The summed E-state index contributed by atoms with van der Waals surface area (Å²) in [4.78, 5) is 0. The van der Waals surface area contributed by atoms with Crippen LogP contribution in [0.4, 0.5) is 0 Å². The van der Waals surface area contributed by atoms with Crippen molar-refractivity contribution in [3.05, 3.63) is 41.0 Å². The minimum absolute atomic E-state index is 0.180. The van der Waals surface area contributed by atoms with Crippen LogP contribution in [0.25, 0.3) is 0 Å². The normalized spacial score (nSPS) is 21.8. The van der Waals surface area contributed by atoms with Gasteiger partial charge in [0.2, 0.25) is 5.75 Å². The summed E-state index contributed by atoms with van der Waals surface area (Å²) in [6.45, 7) is 7.67. The number of phenols is 4. The lowest BCUT2D eigenvalue weighted by molar-refractivity contribution is 0.0282. The highest BCUT2D eigenvalue weighted by Crippen LogP contribution is 2.54. The molecule has 0 amide bonds. The van der Waals surface area contributed by atoms with Crippen molar-refractivity contribution in [3.63, 3.8) is 0 Å².